The van der Waals surface area contributed by atoms with Crippen LogP contribution in [0.1, 0.15) is 27.9 Å². The monoisotopic (exact) mass is 474 g/mol. The highest BCUT2D eigenvalue weighted by Gasteiger charge is 2.36. The lowest BCUT2D eigenvalue weighted by molar-refractivity contribution is -0.139. The summed E-state index contributed by atoms with van der Waals surface area (Å²) in [4.78, 5) is 22.9. The molecule has 0 saturated heterocycles. The van der Waals surface area contributed by atoms with Crippen LogP contribution < -0.4 is 14.8 Å². The number of ether oxygens (including phenoxy) is 2. The van der Waals surface area contributed by atoms with Crippen LogP contribution in [0.3, 0.4) is 0 Å². The molecule has 12 heteroatoms. The van der Waals surface area contributed by atoms with Gasteiger partial charge in [-0.3, -0.25) is 4.79 Å². The maximum Gasteiger partial charge on any atom is 0.417 e. The molecule has 0 bridgehead atoms. The molecule has 2 aromatic rings. The molecular weight excluding hydrogens is 453 g/mol. The van der Waals surface area contributed by atoms with E-state index in [9.17, 15) is 31.2 Å². The average molecular weight is 474 g/mol. The fourth-order valence-electron chi connectivity index (χ4n) is 2.74. The number of benzene rings is 2. The Morgan fingerprint density at radius 1 is 1.06 bits per heavy atom. The first-order chi connectivity index (χ1) is 15.0. The third-order valence-electron chi connectivity index (χ3n) is 4.28. The molecule has 0 unspecified atom stereocenters. The van der Waals surface area contributed by atoms with Crippen LogP contribution in [-0.4, -0.2) is 41.1 Å². The number of methoxy groups -OCH3 is 2. The van der Waals surface area contributed by atoms with Gasteiger partial charge in [0.2, 0.25) is 15.9 Å². The van der Waals surface area contributed by atoms with E-state index in [1.807, 2.05) is 4.72 Å². The molecule has 1 amide bonds. The van der Waals surface area contributed by atoms with Crippen molar-refractivity contribution < 1.29 is 40.7 Å². The number of hydrogen-bond acceptors (Lipinski definition) is 6. The Balaban J connectivity index is 1.95. The van der Waals surface area contributed by atoms with Crippen molar-refractivity contribution in [3.05, 3.63) is 59.2 Å². The van der Waals surface area contributed by atoms with Gasteiger partial charge in [-0.2, -0.15) is 13.2 Å². The third kappa shape index (κ3) is 6.44. The molecule has 0 aliphatic heterocycles. The van der Waals surface area contributed by atoms with Crippen molar-refractivity contribution in [1.29, 1.82) is 0 Å². The fraction of sp³-hybridized carbons (Fsp3) is 0.300. The van der Waals surface area contributed by atoms with E-state index in [0.717, 1.165) is 12.1 Å². The number of halogens is 3. The molecule has 174 valence electrons. The summed E-state index contributed by atoms with van der Waals surface area (Å²) in [7, 11) is -1.88. The van der Waals surface area contributed by atoms with Gasteiger partial charge in [0.15, 0.2) is 0 Å². The number of alkyl halides is 3. The first-order valence-corrected chi connectivity index (χ1v) is 10.7. The summed E-state index contributed by atoms with van der Waals surface area (Å²) in [6, 6.07) is 8.38. The van der Waals surface area contributed by atoms with Crippen molar-refractivity contribution in [2.24, 2.45) is 0 Å². The molecule has 2 rings (SSSR count). The van der Waals surface area contributed by atoms with Crippen molar-refractivity contribution in [3.63, 3.8) is 0 Å². The molecule has 2 N–H and O–H groups in total. The van der Waals surface area contributed by atoms with Gasteiger partial charge in [0.25, 0.3) is 0 Å². The lowest BCUT2D eigenvalue weighted by Crippen LogP contribution is -2.31. The van der Waals surface area contributed by atoms with E-state index < -0.39 is 45.1 Å². The van der Waals surface area contributed by atoms with Gasteiger partial charge in [0.1, 0.15) is 11.3 Å². The summed E-state index contributed by atoms with van der Waals surface area (Å²) in [6.45, 7) is -0.382. The number of esters is 1. The average Bonchev–Trinajstić information content (AvgIpc) is 2.76. The second kappa shape index (κ2) is 10.5. The zero-order chi connectivity index (χ0) is 23.9. The van der Waals surface area contributed by atoms with Crippen molar-refractivity contribution in [2.45, 2.75) is 24.0 Å². The third-order valence-corrected chi connectivity index (χ3v) is 5.80. The van der Waals surface area contributed by atoms with Crippen LogP contribution in [0.2, 0.25) is 0 Å². The van der Waals surface area contributed by atoms with Crippen LogP contribution in [0.15, 0.2) is 47.4 Å². The Hall–Kier alpha value is -3.12. The van der Waals surface area contributed by atoms with E-state index in [0.29, 0.717) is 17.4 Å². The predicted molar refractivity (Wildman–Crippen MR) is 107 cm³/mol. The second-order valence-corrected chi connectivity index (χ2v) is 8.18. The fourth-order valence-corrected chi connectivity index (χ4v) is 3.99. The van der Waals surface area contributed by atoms with Gasteiger partial charge >= 0.3 is 12.1 Å². The topological polar surface area (TPSA) is 111 Å². The summed E-state index contributed by atoms with van der Waals surface area (Å²) in [5.41, 5.74) is -0.574. The zero-order valence-corrected chi connectivity index (χ0v) is 18.0. The largest absolute Gasteiger partial charge is 0.496 e. The van der Waals surface area contributed by atoms with Crippen molar-refractivity contribution in [3.8, 4) is 5.75 Å². The Labute approximate surface area is 182 Å². The standard InChI is InChI=1S/C20H21F3N2O6S/c1-30-16-8-7-13(11-14(16)19(27)31-2)12-24-18(26)9-10-25-32(28,29)17-6-4-3-5-15(17)20(21,22)23/h3-8,11,25H,9-10,12H2,1-2H3,(H,24,26). The van der Waals surface area contributed by atoms with Crippen molar-refractivity contribution in [1.82, 2.24) is 10.0 Å². The molecule has 0 aliphatic rings. The van der Waals surface area contributed by atoms with Gasteiger partial charge in [-0.25, -0.2) is 17.9 Å². The molecular formula is C20H21F3N2O6S. The highest BCUT2D eigenvalue weighted by molar-refractivity contribution is 7.89. The summed E-state index contributed by atoms with van der Waals surface area (Å²) >= 11 is 0. The number of carbonyl (C=O) groups is 2. The van der Waals surface area contributed by atoms with E-state index >= 15 is 0 Å². The van der Waals surface area contributed by atoms with E-state index in [2.05, 4.69) is 10.1 Å². The molecule has 0 radical (unpaired) electrons. The Bertz CT molecular complexity index is 1090. The molecule has 32 heavy (non-hydrogen) atoms. The molecule has 0 aliphatic carbocycles. The minimum Gasteiger partial charge on any atom is -0.496 e. The van der Waals surface area contributed by atoms with Crippen LogP contribution in [0.4, 0.5) is 13.2 Å². The number of nitrogens with one attached hydrogen (secondary N) is 2. The maximum atomic E-state index is 13.0. The molecule has 0 heterocycles. The smallest absolute Gasteiger partial charge is 0.417 e. The van der Waals surface area contributed by atoms with Gasteiger partial charge in [-0.05, 0) is 29.8 Å². The first-order valence-electron chi connectivity index (χ1n) is 9.17. The zero-order valence-electron chi connectivity index (χ0n) is 17.2. The SMILES string of the molecule is COC(=O)c1cc(CNC(=O)CCNS(=O)(=O)c2ccccc2C(F)(F)F)ccc1OC. The highest BCUT2D eigenvalue weighted by atomic mass is 32.2. The van der Waals surface area contributed by atoms with Crippen molar-refractivity contribution in [2.75, 3.05) is 20.8 Å². The Kier molecular flexibility index (Phi) is 8.22. The molecule has 8 nitrogen and oxygen atoms in total. The van der Waals surface area contributed by atoms with E-state index in [1.165, 1.54) is 32.4 Å². The van der Waals surface area contributed by atoms with Crippen LogP contribution in [0.5, 0.6) is 5.75 Å². The van der Waals surface area contributed by atoms with Gasteiger partial charge < -0.3 is 14.8 Å². The molecule has 0 atom stereocenters. The number of hydrogen-bond donors (Lipinski definition) is 2. The van der Waals surface area contributed by atoms with E-state index in [1.54, 1.807) is 6.07 Å². The van der Waals surface area contributed by atoms with Gasteiger partial charge in [-0.1, -0.05) is 18.2 Å². The normalized spacial score (nSPS) is 11.7. The molecule has 0 fully saturated rings. The van der Waals surface area contributed by atoms with E-state index in [4.69, 9.17) is 4.74 Å². The summed E-state index contributed by atoms with van der Waals surface area (Å²) < 4.78 is 75.4. The summed E-state index contributed by atoms with van der Waals surface area (Å²) in [5.74, 6) is -0.878. The first kappa shape index (κ1) is 25.1. The van der Waals surface area contributed by atoms with E-state index in [-0.39, 0.29) is 18.5 Å². The minimum absolute atomic E-state index is 0.0243. The van der Waals surface area contributed by atoms with Gasteiger partial charge in [-0.15, -0.1) is 0 Å². The molecule has 0 saturated carbocycles. The molecule has 0 spiro atoms. The Morgan fingerprint density at radius 3 is 2.38 bits per heavy atom. The number of amides is 1. The molecule has 2 aromatic carbocycles. The van der Waals surface area contributed by atoms with Gasteiger partial charge in [0, 0.05) is 19.5 Å². The van der Waals surface area contributed by atoms with Crippen LogP contribution in [0.25, 0.3) is 0 Å². The van der Waals surface area contributed by atoms with Gasteiger partial charge in [0.05, 0.1) is 24.7 Å². The van der Waals surface area contributed by atoms with Crippen LogP contribution in [-0.2, 0) is 32.3 Å². The lowest BCUT2D eigenvalue weighted by atomic mass is 10.1. The second-order valence-electron chi connectivity index (χ2n) is 6.44. The van der Waals surface area contributed by atoms with Crippen LogP contribution >= 0.6 is 0 Å². The number of sulfonamides is 1. The predicted octanol–water partition coefficient (Wildman–Crippen LogP) is 2.49. The maximum absolute atomic E-state index is 13.0. The summed E-state index contributed by atoms with van der Waals surface area (Å²) in [5, 5.41) is 2.54. The summed E-state index contributed by atoms with van der Waals surface area (Å²) in [6.07, 6.45) is -5.16. The quantitative estimate of drug-likeness (QED) is 0.541. The number of carbonyl (C=O) groups excluding carboxylic acids is 2. The minimum atomic E-state index is -4.84. The Morgan fingerprint density at radius 2 is 1.75 bits per heavy atom. The number of rotatable bonds is 9. The lowest BCUT2D eigenvalue weighted by Gasteiger charge is -2.13. The van der Waals surface area contributed by atoms with Crippen LogP contribution in [0, 0.1) is 0 Å². The highest BCUT2D eigenvalue weighted by Crippen LogP contribution is 2.33. The molecule has 0 aromatic heterocycles. The van der Waals surface area contributed by atoms with Crippen molar-refractivity contribution >= 4 is 21.9 Å².